The number of hydrogen-bond donors (Lipinski definition) is 1. The lowest BCUT2D eigenvalue weighted by atomic mass is 9.86. The van der Waals surface area contributed by atoms with Gasteiger partial charge in [0.05, 0.1) is 0 Å². The Morgan fingerprint density at radius 1 is 1.38 bits per heavy atom. The Labute approximate surface area is 133 Å². The summed E-state index contributed by atoms with van der Waals surface area (Å²) in [4.78, 5) is 4.33. The summed E-state index contributed by atoms with van der Waals surface area (Å²) >= 11 is 1.90. The summed E-state index contributed by atoms with van der Waals surface area (Å²) in [6.45, 7) is 12.0. The molecule has 1 saturated carbocycles. The largest absolute Gasteiger partial charge is 0.308 e. The van der Waals surface area contributed by atoms with E-state index in [0.29, 0.717) is 23.5 Å². The van der Waals surface area contributed by atoms with Gasteiger partial charge in [-0.15, -0.1) is 11.3 Å². The van der Waals surface area contributed by atoms with Crippen LogP contribution in [0.1, 0.15) is 45.4 Å². The molecular formula is C18H30N2S. The van der Waals surface area contributed by atoms with Gasteiger partial charge in [0, 0.05) is 35.6 Å². The van der Waals surface area contributed by atoms with E-state index >= 15 is 0 Å². The molecule has 1 aliphatic carbocycles. The molecule has 3 heteroatoms. The van der Waals surface area contributed by atoms with Gasteiger partial charge in [-0.05, 0) is 56.4 Å². The molecule has 0 spiro atoms. The topological polar surface area (TPSA) is 15.3 Å². The predicted octanol–water partition coefficient (Wildman–Crippen LogP) is 3.78. The molecule has 21 heavy (non-hydrogen) atoms. The second-order valence-electron chi connectivity index (χ2n) is 7.69. The van der Waals surface area contributed by atoms with Gasteiger partial charge in [0.25, 0.3) is 0 Å². The van der Waals surface area contributed by atoms with Crippen molar-refractivity contribution in [1.29, 1.82) is 0 Å². The maximum absolute atomic E-state index is 3.89. The van der Waals surface area contributed by atoms with Crippen molar-refractivity contribution in [1.82, 2.24) is 10.2 Å². The lowest BCUT2D eigenvalue weighted by molar-refractivity contribution is 0.0239. The zero-order chi connectivity index (χ0) is 15.0. The Morgan fingerprint density at radius 2 is 2.14 bits per heavy atom. The average Bonchev–Trinajstić information content (AvgIpc) is 3.19. The molecule has 2 nitrogen and oxygen atoms in total. The molecule has 3 unspecified atom stereocenters. The summed E-state index contributed by atoms with van der Waals surface area (Å²) in [5.41, 5.74) is 0.342. The van der Waals surface area contributed by atoms with E-state index in [4.69, 9.17) is 0 Å². The van der Waals surface area contributed by atoms with E-state index in [0.717, 1.165) is 12.5 Å². The first-order valence-electron chi connectivity index (χ1n) is 8.53. The van der Waals surface area contributed by atoms with Crippen molar-refractivity contribution in [3.63, 3.8) is 0 Å². The third-order valence-corrected chi connectivity index (χ3v) is 6.44. The van der Waals surface area contributed by atoms with Crippen LogP contribution in [0.3, 0.4) is 0 Å². The summed E-state index contributed by atoms with van der Waals surface area (Å²) in [6, 6.07) is 5.77. The molecule has 1 aliphatic heterocycles. The standard InChI is InChI=1S/C18H30N2S/c1-13(2)17-11-19-18(4,15-7-8-15)12-20(17)14(3)10-16-6-5-9-21-16/h5-6,9,13-15,17,19H,7-8,10-12H2,1-4H3. The highest BCUT2D eigenvalue weighted by Gasteiger charge is 2.47. The summed E-state index contributed by atoms with van der Waals surface area (Å²) < 4.78 is 0. The van der Waals surface area contributed by atoms with Crippen LogP contribution >= 0.6 is 11.3 Å². The highest BCUT2D eigenvalue weighted by Crippen LogP contribution is 2.42. The highest BCUT2D eigenvalue weighted by molar-refractivity contribution is 7.09. The fraction of sp³-hybridized carbons (Fsp3) is 0.778. The molecule has 3 rings (SSSR count). The molecule has 1 N–H and O–H groups in total. The van der Waals surface area contributed by atoms with Crippen molar-refractivity contribution < 1.29 is 0 Å². The van der Waals surface area contributed by atoms with Gasteiger partial charge in [-0.2, -0.15) is 0 Å². The Balaban J connectivity index is 1.73. The van der Waals surface area contributed by atoms with Gasteiger partial charge >= 0.3 is 0 Å². The smallest absolute Gasteiger partial charge is 0.0309 e. The number of piperazine rings is 1. The molecule has 0 bridgehead atoms. The molecule has 1 saturated heterocycles. The predicted molar refractivity (Wildman–Crippen MR) is 91.9 cm³/mol. The second kappa shape index (κ2) is 6.02. The quantitative estimate of drug-likeness (QED) is 0.890. The van der Waals surface area contributed by atoms with Crippen molar-refractivity contribution in [3.8, 4) is 0 Å². The molecule has 2 aliphatic rings. The Hall–Kier alpha value is -0.380. The van der Waals surface area contributed by atoms with E-state index in [1.807, 2.05) is 11.3 Å². The first-order chi connectivity index (χ1) is 9.99. The van der Waals surface area contributed by atoms with Crippen LogP contribution in [0.4, 0.5) is 0 Å². The molecule has 3 atom stereocenters. The van der Waals surface area contributed by atoms with Crippen molar-refractivity contribution in [2.45, 2.75) is 64.6 Å². The Kier molecular flexibility index (Phi) is 4.45. The van der Waals surface area contributed by atoms with E-state index in [1.165, 1.54) is 30.7 Å². The van der Waals surface area contributed by atoms with Crippen LogP contribution in [0, 0.1) is 11.8 Å². The van der Waals surface area contributed by atoms with Gasteiger partial charge in [0.1, 0.15) is 0 Å². The lowest BCUT2D eigenvalue weighted by Crippen LogP contribution is -2.67. The molecule has 1 aromatic rings. The van der Waals surface area contributed by atoms with Crippen molar-refractivity contribution in [2.24, 2.45) is 11.8 Å². The number of nitrogens with one attached hydrogen (secondary N) is 1. The minimum atomic E-state index is 0.342. The number of thiophene rings is 1. The van der Waals surface area contributed by atoms with Crippen molar-refractivity contribution in [2.75, 3.05) is 13.1 Å². The maximum Gasteiger partial charge on any atom is 0.0309 e. The van der Waals surface area contributed by atoms with Crippen molar-refractivity contribution in [3.05, 3.63) is 22.4 Å². The van der Waals surface area contributed by atoms with Gasteiger partial charge in [-0.1, -0.05) is 19.9 Å². The van der Waals surface area contributed by atoms with Crippen LogP contribution in [-0.2, 0) is 6.42 Å². The third kappa shape index (κ3) is 3.35. The van der Waals surface area contributed by atoms with Crippen LogP contribution in [0.5, 0.6) is 0 Å². The van der Waals surface area contributed by atoms with Gasteiger partial charge in [0.15, 0.2) is 0 Å². The van der Waals surface area contributed by atoms with Crippen LogP contribution in [-0.4, -0.2) is 35.6 Å². The maximum atomic E-state index is 3.89. The molecule has 2 fully saturated rings. The normalized spacial score (nSPS) is 32.5. The number of hydrogen-bond acceptors (Lipinski definition) is 3. The van der Waals surface area contributed by atoms with Gasteiger partial charge in [-0.25, -0.2) is 0 Å². The molecule has 0 aromatic carbocycles. The van der Waals surface area contributed by atoms with Gasteiger partial charge in [0.2, 0.25) is 0 Å². The van der Waals surface area contributed by atoms with E-state index < -0.39 is 0 Å². The summed E-state index contributed by atoms with van der Waals surface area (Å²) in [5, 5.41) is 6.10. The van der Waals surface area contributed by atoms with Gasteiger partial charge < -0.3 is 5.32 Å². The summed E-state index contributed by atoms with van der Waals surface area (Å²) in [5.74, 6) is 1.62. The minimum absolute atomic E-state index is 0.342. The summed E-state index contributed by atoms with van der Waals surface area (Å²) in [6.07, 6.45) is 4.04. The van der Waals surface area contributed by atoms with E-state index in [2.05, 4.69) is 55.4 Å². The number of nitrogens with zero attached hydrogens (tertiary/aromatic N) is 1. The van der Waals surface area contributed by atoms with Crippen LogP contribution in [0.2, 0.25) is 0 Å². The monoisotopic (exact) mass is 306 g/mol. The lowest BCUT2D eigenvalue weighted by Gasteiger charge is -2.50. The third-order valence-electron chi connectivity index (χ3n) is 5.54. The average molecular weight is 307 g/mol. The molecule has 2 heterocycles. The fourth-order valence-electron chi connectivity index (χ4n) is 3.94. The molecular weight excluding hydrogens is 276 g/mol. The van der Waals surface area contributed by atoms with E-state index in [-0.39, 0.29) is 0 Å². The molecule has 0 radical (unpaired) electrons. The first kappa shape index (κ1) is 15.5. The Bertz CT molecular complexity index is 452. The zero-order valence-corrected chi connectivity index (χ0v) is 14.7. The number of rotatable bonds is 5. The Morgan fingerprint density at radius 3 is 2.71 bits per heavy atom. The SMILES string of the molecule is CC(C)C1CNC(C)(C2CC2)CN1C(C)Cc1cccs1. The molecule has 1 aromatic heterocycles. The molecule has 118 valence electrons. The first-order valence-corrected chi connectivity index (χ1v) is 9.41. The van der Waals surface area contributed by atoms with Crippen LogP contribution < -0.4 is 5.32 Å². The fourth-order valence-corrected chi connectivity index (χ4v) is 4.77. The van der Waals surface area contributed by atoms with E-state index in [9.17, 15) is 0 Å². The highest BCUT2D eigenvalue weighted by atomic mass is 32.1. The minimum Gasteiger partial charge on any atom is -0.308 e. The second-order valence-corrected chi connectivity index (χ2v) is 8.72. The molecule has 0 amide bonds. The van der Waals surface area contributed by atoms with E-state index in [1.54, 1.807) is 0 Å². The van der Waals surface area contributed by atoms with Crippen molar-refractivity contribution >= 4 is 11.3 Å². The van der Waals surface area contributed by atoms with Gasteiger partial charge in [-0.3, -0.25) is 4.90 Å². The summed E-state index contributed by atoms with van der Waals surface area (Å²) in [7, 11) is 0. The zero-order valence-electron chi connectivity index (χ0n) is 13.9. The van der Waals surface area contributed by atoms with Crippen LogP contribution in [0.25, 0.3) is 0 Å². The van der Waals surface area contributed by atoms with Crippen LogP contribution in [0.15, 0.2) is 17.5 Å².